The number of Topliss-reactive ketones (excluding diaryl/α,β-unsaturated/α-hetero) is 1. The summed E-state index contributed by atoms with van der Waals surface area (Å²) in [5, 5.41) is 1.71. The van der Waals surface area contributed by atoms with Crippen LogP contribution < -0.4 is 4.72 Å². The molecule has 8 heteroatoms. The van der Waals surface area contributed by atoms with Crippen LogP contribution >= 0.6 is 0 Å². The number of H-pyrrole nitrogens is 1. The van der Waals surface area contributed by atoms with E-state index in [-0.39, 0.29) is 5.78 Å². The number of carbonyl (C=O) groups is 2. The molecule has 0 aliphatic carbocycles. The molecule has 150 valence electrons. The predicted octanol–water partition coefficient (Wildman–Crippen LogP) is 2.87. The first-order valence-corrected chi connectivity index (χ1v) is 10.4. The lowest BCUT2D eigenvalue weighted by Crippen LogP contribution is -2.39. The molecule has 29 heavy (non-hydrogen) atoms. The number of aromatic amines is 1. The Morgan fingerprint density at radius 2 is 1.79 bits per heavy atom. The van der Waals surface area contributed by atoms with E-state index >= 15 is 0 Å². The normalized spacial score (nSPS) is 12.9. The Bertz CT molecular complexity index is 1150. The predicted molar refractivity (Wildman–Crippen MR) is 111 cm³/mol. The first-order valence-electron chi connectivity index (χ1n) is 8.87. The standard InChI is InChI=1S/C21H20N2O5S/c1-15(23-29(26,27)12-11-16-7-3-2-4-8-16)21(25)28-14-20(24)18-13-22-19-10-6-5-9-17(18)19/h2-13,15,22-23H,14H2,1H3/b12-11+/t15-/m1/s1. The minimum atomic E-state index is -3.86. The number of rotatable bonds is 8. The van der Waals surface area contributed by atoms with Crippen LogP contribution in [0, 0.1) is 0 Å². The van der Waals surface area contributed by atoms with Gasteiger partial charge in [-0.25, -0.2) is 8.42 Å². The van der Waals surface area contributed by atoms with Gasteiger partial charge in [-0.1, -0.05) is 48.5 Å². The monoisotopic (exact) mass is 412 g/mol. The van der Waals surface area contributed by atoms with Crippen molar-refractivity contribution in [2.75, 3.05) is 6.61 Å². The van der Waals surface area contributed by atoms with Crippen LogP contribution in [0.3, 0.4) is 0 Å². The first kappa shape index (κ1) is 20.5. The van der Waals surface area contributed by atoms with Crippen LogP contribution in [0.5, 0.6) is 0 Å². The van der Waals surface area contributed by atoms with Crippen molar-refractivity contribution < 1.29 is 22.7 Å². The highest BCUT2D eigenvalue weighted by Crippen LogP contribution is 2.18. The Balaban J connectivity index is 1.56. The summed E-state index contributed by atoms with van der Waals surface area (Å²) in [6, 6.07) is 15.0. The van der Waals surface area contributed by atoms with Gasteiger partial charge in [0.1, 0.15) is 6.04 Å². The second-order valence-corrected chi connectivity index (χ2v) is 7.97. The van der Waals surface area contributed by atoms with E-state index in [0.717, 1.165) is 16.3 Å². The number of ketones is 1. The third-order valence-electron chi connectivity index (χ3n) is 4.17. The molecule has 1 heterocycles. The summed E-state index contributed by atoms with van der Waals surface area (Å²) in [6.45, 7) is 0.874. The second-order valence-electron chi connectivity index (χ2n) is 6.38. The molecule has 0 radical (unpaired) electrons. The summed E-state index contributed by atoms with van der Waals surface area (Å²) in [5.74, 6) is -1.22. The maximum atomic E-state index is 12.3. The van der Waals surface area contributed by atoms with Gasteiger partial charge < -0.3 is 9.72 Å². The van der Waals surface area contributed by atoms with E-state index < -0.39 is 28.6 Å². The van der Waals surface area contributed by atoms with Crippen LogP contribution in [0.15, 0.2) is 66.2 Å². The highest BCUT2D eigenvalue weighted by Gasteiger charge is 2.21. The topological polar surface area (TPSA) is 105 Å². The summed E-state index contributed by atoms with van der Waals surface area (Å²) in [7, 11) is -3.86. The molecule has 0 aliphatic rings. The number of hydrogen-bond acceptors (Lipinski definition) is 5. The van der Waals surface area contributed by atoms with Crippen LogP contribution in [-0.4, -0.2) is 37.8 Å². The summed E-state index contributed by atoms with van der Waals surface area (Å²) in [5.41, 5.74) is 1.92. The largest absolute Gasteiger partial charge is 0.456 e. The molecule has 0 unspecified atom stereocenters. The zero-order valence-electron chi connectivity index (χ0n) is 15.7. The maximum Gasteiger partial charge on any atom is 0.324 e. The van der Waals surface area contributed by atoms with Crippen molar-refractivity contribution >= 4 is 38.8 Å². The molecule has 0 fully saturated rings. The van der Waals surface area contributed by atoms with Crippen molar-refractivity contribution in [1.82, 2.24) is 9.71 Å². The quantitative estimate of drug-likeness (QED) is 0.437. The van der Waals surface area contributed by atoms with E-state index in [2.05, 4.69) is 9.71 Å². The minimum absolute atomic E-state index is 0.380. The average molecular weight is 412 g/mol. The molecule has 7 nitrogen and oxygen atoms in total. The number of benzene rings is 2. The fourth-order valence-electron chi connectivity index (χ4n) is 2.71. The number of ether oxygens (including phenoxy) is 1. The minimum Gasteiger partial charge on any atom is -0.456 e. The molecule has 1 atom stereocenters. The number of nitrogens with one attached hydrogen (secondary N) is 2. The fraction of sp³-hybridized carbons (Fsp3) is 0.143. The van der Waals surface area contributed by atoms with Crippen LogP contribution in [0.2, 0.25) is 0 Å². The van der Waals surface area contributed by atoms with E-state index in [1.54, 1.807) is 42.6 Å². The molecule has 0 aliphatic heterocycles. The number of esters is 1. The van der Waals surface area contributed by atoms with E-state index in [4.69, 9.17) is 4.74 Å². The number of hydrogen-bond donors (Lipinski definition) is 2. The summed E-state index contributed by atoms with van der Waals surface area (Å²) in [4.78, 5) is 27.4. The summed E-state index contributed by atoms with van der Waals surface area (Å²) in [6.07, 6.45) is 2.97. The van der Waals surface area contributed by atoms with Gasteiger partial charge in [-0.15, -0.1) is 0 Å². The van der Waals surface area contributed by atoms with Crippen LogP contribution in [0.1, 0.15) is 22.8 Å². The van der Waals surface area contributed by atoms with Crippen LogP contribution in [-0.2, 0) is 19.6 Å². The van der Waals surface area contributed by atoms with E-state index in [0.29, 0.717) is 11.1 Å². The summed E-state index contributed by atoms with van der Waals surface area (Å²) < 4.78 is 31.4. The van der Waals surface area contributed by atoms with Gasteiger partial charge in [-0.2, -0.15) is 4.72 Å². The van der Waals surface area contributed by atoms with Gasteiger partial charge in [0.15, 0.2) is 6.61 Å². The smallest absolute Gasteiger partial charge is 0.324 e. The number of para-hydroxylation sites is 1. The van der Waals surface area contributed by atoms with Crippen molar-refractivity contribution in [1.29, 1.82) is 0 Å². The number of carbonyl (C=O) groups excluding carboxylic acids is 2. The molecule has 3 aromatic rings. The van der Waals surface area contributed by atoms with Gasteiger partial charge in [-0.05, 0) is 24.6 Å². The lowest BCUT2D eigenvalue weighted by Gasteiger charge is -2.11. The van der Waals surface area contributed by atoms with Gasteiger partial charge in [-0.3, -0.25) is 9.59 Å². The van der Waals surface area contributed by atoms with Gasteiger partial charge >= 0.3 is 5.97 Å². The van der Waals surface area contributed by atoms with Crippen molar-refractivity contribution in [2.45, 2.75) is 13.0 Å². The van der Waals surface area contributed by atoms with E-state index in [1.165, 1.54) is 13.0 Å². The third kappa shape index (κ3) is 5.40. The number of aromatic nitrogens is 1. The molecular weight excluding hydrogens is 392 g/mol. The van der Waals surface area contributed by atoms with E-state index in [9.17, 15) is 18.0 Å². The molecular formula is C21H20N2O5S. The molecule has 0 saturated heterocycles. The Labute approximate surface area is 168 Å². The lowest BCUT2D eigenvalue weighted by atomic mass is 10.1. The Kier molecular flexibility index (Phi) is 6.26. The highest BCUT2D eigenvalue weighted by molar-refractivity contribution is 7.92. The Hall–Kier alpha value is -3.23. The van der Waals surface area contributed by atoms with Gasteiger partial charge in [0.2, 0.25) is 15.8 Å². The Morgan fingerprint density at radius 1 is 1.10 bits per heavy atom. The number of fused-ring (bicyclic) bond motifs is 1. The molecule has 0 amide bonds. The fourth-order valence-corrected chi connectivity index (χ4v) is 3.71. The van der Waals surface area contributed by atoms with Gasteiger partial charge in [0.05, 0.1) is 0 Å². The lowest BCUT2D eigenvalue weighted by molar-refractivity contribution is -0.144. The molecule has 0 saturated carbocycles. The van der Waals surface area contributed by atoms with Crippen molar-refractivity contribution in [3.05, 3.63) is 77.3 Å². The van der Waals surface area contributed by atoms with Gasteiger partial charge in [0, 0.05) is 28.1 Å². The Morgan fingerprint density at radius 3 is 2.55 bits per heavy atom. The van der Waals surface area contributed by atoms with Gasteiger partial charge in [0.25, 0.3) is 0 Å². The third-order valence-corrected chi connectivity index (χ3v) is 5.35. The second kappa shape index (κ2) is 8.85. The van der Waals surface area contributed by atoms with Crippen molar-refractivity contribution in [2.24, 2.45) is 0 Å². The van der Waals surface area contributed by atoms with Crippen molar-refractivity contribution in [3.8, 4) is 0 Å². The number of sulfonamides is 1. The zero-order chi connectivity index (χ0) is 20.9. The average Bonchev–Trinajstić information content (AvgIpc) is 3.15. The van der Waals surface area contributed by atoms with E-state index in [1.807, 2.05) is 18.2 Å². The zero-order valence-corrected chi connectivity index (χ0v) is 16.5. The molecule has 0 bridgehead atoms. The highest BCUT2D eigenvalue weighted by atomic mass is 32.2. The molecule has 2 aromatic carbocycles. The maximum absolute atomic E-state index is 12.3. The summed E-state index contributed by atoms with van der Waals surface area (Å²) >= 11 is 0. The SMILES string of the molecule is C[C@@H](NS(=O)(=O)/C=C/c1ccccc1)C(=O)OCC(=O)c1c[nH]c2ccccc12. The van der Waals surface area contributed by atoms with Crippen LogP contribution in [0.25, 0.3) is 17.0 Å². The van der Waals surface area contributed by atoms with Crippen LogP contribution in [0.4, 0.5) is 0 Å². The molecule has 0 spiro atoms. The molecule has 2 N–H and O–H groups in total. The molecule has 3 rings (SSSR count). The first-order chi connectivity index (χ1) is 13.9. The van der Waals surface area contributed by atoms with Crippen molar-refractivity contribution in [3.63, 3.8) is 0 Å². The molecule has 1 aromatic heterocycles.